The zero-order valence-electron chi connectivity index (χ0n) is 10.2. The molecule has 0 amide bonds. The van der Waals surface area contributed by atoms with Crippen LogP contribution < -0.4 is 5.43 Å². The van der Waals surface area contributed by atoms with Gasteiger partial charge in [0.1, 0.15) is 0 Å². The van der Waals surface area contributed by atoms with Crippen molar-refractivity contribution in [2.45, 2.75) is 6.92 Å². The van der Waals surface area contributed by atoms with Gasteiger partial charge in [0.25, 0.3) is 0 Å². The Bertz CT molecular complexity index is 479. The Morgan fingerprint density at radius 1 is 1.35 bits per heavy atom. The van der Waals surface area contributed by atoms with Gasteiger partial charge >= 0.3 is 0 Å². The van der Waals surface area contributed by atoms with Gasteiger partial charge in [0.2, 0.25) is 0 Å². The van der Waals surface area contributed by atoms with Gasteiger partial charge in [0.05, 0.1) is 13.2 Å². The number of methoxy groups -OCH3 is 1. The van der Waals surface area contributed by atoms with Gasteiger partial charge in [-0.3, -0.25) is 0 Å². The maximum Gasteiger partial charge on any atom is 0.158 e. The van der Waals surface area contributed by atoms with Gasteiger partial charge in [-0.05, 0) is 12.5 Å². The lowest BCUT2D eigenvalue weighted by Gasteiger charge is -2.11. The smallest absolute Gasteiger partial charge is 0.158 e. The lowest BCUT2D eigenvalue weighted by atomic mass is 10.1. The van der Waals surface area contributed by atoms with E-state index in [2.05, 4.69) is 29.5 Å². The van der Waals surface area contributed by atoms with Crippen LogP contribution in [0.1, 0.15) is 5.56 Å². The first kappa shape index (κ1) is 11.7. The summed E-state index contributed by atoms with van der Waals surface area (Å²) in [7, 11) is 1.69. The average molecular weight is 231 g/mol. The summed E-state index contributed by atoms with van der Waals surface area (Å²) >= 11 is 0. The first-order valence-electron chi connectivity index (χ1n) is 5.65. The molecule has 0 aliphatic heterocycles. The van der Waals surface area contributed by atoms with Crippen molar-refractivity contribution in [3.8, 4) is 11.4 Å². The number of aromatic nitrogens is 2. The largest absolute Gasteiger partial charge is 0.383 e. The molecule has 0 bridgehead atoms. The normalized spacial score (nSPS) is 10.5. The van der Waals surface area contributed by atoms with Crippen LogP contribution in [0.2, 0.25) is 0 Å². The Kier molecular flexibility index (Phi) is 3.77. The summed E-state index contributed by atoms with van der Waals surface area (Å²) in [5.74, 6) is 0.930. The fourth-order valence-electron chi connectivity index (χ4n) is 1.72. The van der Waals surface area contributed by atoms with Crippen molar-refractivity contribution in [3.05, 3.63) is 42.2 Å². The first-order chi connectivity index (χ1) is 8.33. The Morgan fingerprint density at radius 2 is 2.18 bits per heavy atom. The van der Waals surface area contributed by atoms with Crippen molar-refractivity contribution in [3.63, 3.8) is 0 Å². The molecular weight excluding hydrogens is 214 g/mol. The molecule has 1 heterocycles. The number of nitrogens with zero attached hydrogens (tertiary/aromatic N) is 2. The van der Waals surface area contributed by atoms with Crippen LogP contribution in [-0.4, -0.2) is 29.9 Å². The fraction of sp³-hybridized carbons (Fsp3) is 0.308. The molecule has 0 aliphatic carbocycles. The zero-order valence-corrected chi connectivity index (χ0v) is 10.2. The van der Waals surface area contributed by atoms with Gasteiger partial charge in [-0.15, -0.1) is 0 Å². The number of rotatable bonds is 5. The van der Waals surface area contributed by atoms with Gasteiger partial charge in [-0.2, -0.15) is 0 Å². The third kappa shape index (κ3) is 2.65. The number of hydrogen-bond acceptors (Lipinski definition) is 3. The summed E-state index contributed by atoms with van der Waals surface area (Å²) in [4.78, 5) is 4.39. The van der Waals surface area contributed by atoms with Crippen LogP contribution in [0.5, 0.6) is 0 Å². The Hall–Kier alpha value is -1.81. The van der Waals surface area contributed by atoms with Crippen molar-refractivity contribution in [1.82, 2.24) is 9.66 Å². The number of nitrogens with one attached hydrogen (secondary N) is 1. The van der Waals surface area contributed by atoms with E-state index in [1.165, 1.54) is 5.56 Å². The number of benzene rings is 1. The second-order valence-corrected chi connectivity index (χ2v) is 3.84. The lowest BCUT2D eigenvalue weighted by Crippen LogP contribution is -2.19. The Morgan fingerprint density at radius 3 is 2.94 bits per heavy atom. The molecule has 0 unspecified atom stereocenters. The van der Waals surface area contributed by atoms with Gasteiger partial charge in [-0.25, -0.2) is 9.66 Å². The third-order valence-corrected chi connectivity index (χ3v) is 2.62. The molecular formula is C13H17N3O. The minimum absolute atomic E-state index is 0.672. The van der Waals surface area contributed by atoms with Crippen molar-refractivity contribution in [1.29, 1.82) is 0 Å². The number of ether oxygens (including phenoxy) is 1. The minimum Gasteiger partial charge on any atom is -0.383 e. The van der Waals surface area contributed by atoms with E-state index in [1.807, 2.05) is 23.0 Å². The molecule has 1 N–H and O–H groups in total. The van der Waals surface area contributed by atoms with Gasteiger partial charge in [0, 0.05) is 25.1 Å². The number of hydrogen-bond donors (Lipinski definition) is 1. The molecule has 0 spiro atoms. The van der Waals surface area contributed by atoms with Crippen LogP contribution in [0.3, 0.4) is 0 Å². The van der Waals surface area contributed by atoms with E-state index in [-0.39, 0.29) is 0 Å². The van der Waals surface area contributed by atoms with E-state index >= 15 is 0 Å². The van der Waals surface area contributed by atoms with Gasteiger partial charge in [-0.1, -0.05) is 24.3 Å². The molecule has 0 saturated carbocycles. The van der Waals surface area contributed by atoms with Crippen LogP contribution in [0.4, 0.5) is 0 Å². The molecule has 0 aliphatic rings. The van der Waals surface area contributed by atoms with Crippen molar-refractivity contribution < 1.29 is 4.74 Å². The molecule has 2 aromatic rings. The molecule has 1 aromatic heterocycles. The Balaban J connectivity index is 2.22. The highest BCUT2D eigenvalue weighted by molar-refractivity contribution is 5.60. The highest BCUT2D eigenvalue weighted by Crippen LogP contribution is 2.20. The molecule has 90 valence electrons. The maximum atomic E-state index is 5.01. The fourth-order valence-corrected chi connectivity index (χ4v) is 1.72. The average Bonchev–Trinajstić information content (AvgIpc) is 2.78. The molecule has 0 saturated heterocycles. The minimum atomic E-state index is 0.672. The van der Waals surface area contributed by atoms with Crippen LogP contribution in [0.25, 0.3) is 11.4 Å². The summed E-state index contributed by atoms with van der Waals surface area (Å²) in [5, 5.41) is 0. The maximum absolute atomic E-state index is 5.01. The molecule has 2 rings (SSSR count). The topological polar surface area (TPSA) is 39.1 Å². The SMILES string of the molecule is COCCNn1ccnc1-c1ccccc1C. The summed E-state index contributed by atoms with van der Waals surface area (Å²) in [6.45, 7) is 3.51. The highest BCUT2D eigenvalue weighted by atomic mass is 16.5. The summed E-state index contributed by atoms with van der Waals surface area (Å²) in [6.07, 6.45) is 3.71. The monoisotopic (exact) mass is 231 g/mol. The summed E-state index contributed by atoms with van der Waals surface area (Å²) in [5.41, 5.74) is 5.61. The first-order valence-corrected chi connectivity index (χ1v) is 5.65. The molecule has 4 nitrogen and oxygen atoms in total. The Labute approximate surface area is 101 Å². The predicted molar refractivity (Wildman–Crippen MR) is 68.5 cm³/mol. The second kappa shape index (κ2) is 5.50. The molecule has 17 heavy (non-hydrogen) atoms. The second-order valence-electron chi connectivity index (χ2n) is 3.84. The molecule has 1 aromatic carbocycles. The van der Waals surface area contributed by atoms with E-state index in [0.717, 1.165) is 17.9 Å². The van der Waals surface area contributed by atoms with E-state index in [9.17, 15) is 0 Å². The molecule has 4 heteroatoms. The van der Waals surface area contributed by atoms with Crippen molar-refractivity contribution >= 4 is 0 Å². The van der Waals surface area contributed by atoms with Crippen LogP contribution in [0.15, 0.2) is 36.7 Å². The highest BCUT2D eigenvalue weighted by Gasteiger charge is 2.07. The standard InChI is InChI=1S/C13H17N3O/c1-11-5-3-4-6-12(11)13-14-7-9-16(13)15-8-10-17-2/h3-7,9,15H,8,10H2,1-2H3. The quantitative estimate of drug-likeness (QED) is 0.800. The third-order valence-electron chi connectivity index (χ3n) is 2.62. The van der Waals surface area contributed by atoms with E-state index in [4.69, 9.17) is 4.74 Å². The lowest BCUT2D eigenvalue weighted by molar-refractivity contribution is 0.208. The van der Waals surface area contributed by atoms with Crippen LogP contribution >= 0.6 is 0 Å². The van der Waals surface area contributed by atoms with Crippen molar-refractivity contribution in [2.75, 3.05) is 25.7 Å². The zero-order chi connectivity index (χ0) is 12.1. The number of aryl methyl sites for hydroxylation is 1. The summed E-state index contributed by atoms with van der Waals surface area (Å²) < 4.78 is 6.95. The van der Waals surface area contributed by atoms with Crippen LogP contribution in [0, 0.1) is 6.92 Å². The predicted octanol–water partition coefficient (Wildman–Crippen LogP) is 2.05. The molecule has 0 radical (unpaired) electrons. The summed E-state index contributed by atoms with van der Waals surface area (Å²) in [6, 6.07) is 8.22. The van der Waals surface area contributed by atoms with Gasteiger partial charge in [0.15, 0.2) is 5.82 Å². The van der Waals surface area contributed by atoms with E-state index in [0.29, 0.717) is 6.61 Å². The van der Waals surface area contributed by atoms with E-state index < -0.39 is 0 Å². The van der Waals surface area contributed by atoms with Gasteiger partial charge < -0.3 is 10.2 Å². The van der Waals surface area contributed by atoms with Crippen molar-refractivity contribution in [2.24, 2.45) is 0 Å². The van der Waals surface area contributed by atoms with E-state index in [1.54, 1.807) is 13.3 Å². The molecule has 0 atom stereocenters. The number of imidazole rings is 1. The van der Waals surface area contributed by atoms with Crippen LogP contribution in [-0.2, 0) is 4.74 Å². The molecule has 0 fully saturated rings.